The van der Waals surface area contributed by atoms with Crippen molar-refractivity contribution in [3.8, 4) is 0 Å². The molecule has 0 amide bonds. The van der Waals surface area contributed by atoms with Gasteiger partial charge in [-0.3, -0.25) is 0 Å². The zero-order chi connectivity index (χ0) is 14.6. The van der Waals surface area contributed by atoms with Crippen LogP contribution in [-0.4, -0.2) is 23.7 Å². The fraction of sp³-hybridized carbons (Fsp3) is 1.00. The Morgan fingerprint density at radius 3 is 1.17 bits per heavy atom. The molecule has 0 rings (SSSR count). The Morgan fingerprint density at radius 1 is 0.722 bits per heavy atom. The van der Waals surface area contributed by atoms with Crippen LogP contribution in [-0.2, 0) is 17.7 Å². The van der Waals surface area contributed by atoms with Crippen molar-refractivity contribution in [1.82, 2.24) is 11.2 Å². The molecule has 0 bridgehead atoms. The van der Waals surface area contributed by atoms with Gasteiger partial charge in [-0.1, -0.05) is 0 Å². The van der Waals surface area contributed by atoms with Gasteiger partial charge in [-0.2, -0.15) is 0 Å². The average molecular weight is 338 g/mol. The Hall–Kier alpha value is 0.420. The van der Waals surface area contributed by atoms with E-state index in [0.29, 0.717) is 18.1 Å². The van der Waals surface area contributed by atoms with Crippen molar-refractivity contribution < 1.29 is 17.7 Å². The first-order valence-corrected chi connectivity index (χ1v) is 11.2. The zero-order valence-electron chi connectivity index (χ0n) is 13.6. The molecule has 0 atom stereocenters. The molecule has 18 heavy (non-hydrogen) atoms. The Kier molecular flexibility index (Phi) is 7.44. The summed E-state index contributed by atoms with van der Waals surface area (Å²) in [5.74, 6) is 0. The van der Waals surface area contributed by atoms with E-state index in [-0.39, 0.29) is 5.54 Å². The third kappa shape index (κ3) is 8.51. The van der Waals surface area contributed by atoms with Crippen LogP contribution in [0.25, 0.3) is 0 Å². The van der Waals surface area contributed by atoms with E-state index in [1.54, 1.807) is 0 Å². The van der Waals surface area contributed by atoms with Crippen LogP contribution >= 0.6 is 0 Å². The number of nitrogens with zero attached hydrogens (tertiary/aromatic N) is 1. The van der Waals surface area contributed by atoms with Gasteiger partial charge in [0.15, 0.2) is 0 Å². The van der Waals surface area contributed by atoms with E-state index in [4.69, 9.17) is 3.34 Å². The van der Waals surface area contributed by atoms with Gasteiger partial charge in [-0.15, -0.1) is 0 Å². The van der Waals surface area contributed by atoms with Crippen LogP contribution in [0.2, 0.25) is 0 Å². The second-order valence-electron chi connectivity index (χ2n) is 6.76. The third-order valence-electron chi connectivity index (χ3n) is 1.79. The summed E-state index contributed by atoms with van der Waals surface area (Å²) in [6.45, 7) is 19.6. The van der Waals surface area contributed by atoms with E-state index in [2.05, 4.69) is 73.5 Å². The van der Waals surface area contributed by atoms with Gasteiger partial charge in [0.25, 0.3) is 0 Å². The summed E-state index contributed by atoms with van der Waals surface area (Å²) < 4.78 is 16.3. The first kappa shape index (κ1) is 18.4. The molecule has 4 nitrogen and oxygen atoms in total. The van der Waals surface area contributed by atoms with Crippen molar-refractivity contribution in [2.24, 2.45) is 3.34 Å². The van der Waals surface area contributed by atoms with E-state index >= 15 is 0 Å². The van der Waals surface area contributed by atoms with Gasteiger partial charge in [0, 0.05) is 0 Å². The minimum atomic E-state index is -2.98. The Morgan fingerprint density at radius 2 is 1.00 bits per heavy atom. The minimum absolute atomic E-state index is 0.0305. The van der Waals surface area contributed by atoms with Gasteiger partial charge in [0.1, 0.15) is 0 Å². The summed E-state index contributed by atoms with van der Waals surface area (Å²) in [6.07, 6.45) is 0. The van der Waals surface area contributed by atoms with Crippen molar-refractivity contribution in [1.29, 1.82) is 0 Å². The second kappa shape index (κ2) is 7.27. The topological polar surface area (TPSA) is 48.5 Å². The predicted molar refractivity (Wildman–Crippen MR) is 77.0 cm³/mol. The molecule has 5 heteroatoms. The number of hydrogen-bond acceptors (Lipinski definition) is 1. The molecule has 0 saturated heterocycles. The van der Waals surface area contributed by atoms with E-state index in [1.165, 1.54) is 0 Å². The number of rotatable bonds is 6. The second-order valence-corrected chi connectivity index (χ2v) is 12.3. The molecular formula is C13H33N4Nb. The van der Waals surface area contributed by atoms with Crippen LogP contribution in [0.4, 0.5) is 0 Å². The molecule has 0 spiro atoms. The van der Waals surface area contributed by atoms with Crippen LogP contribution in [0.15, 0.2) is 3.34 Å². The monoisotopic (exact) mass is 338 g/mol. The normalized spacial score (nSPS) is 13.8. The molecule has 0 aromatic carbocycles. The summed E-state index contributed by atoms with van der Waals surface area (Å²) in [7, 11) is 0. The Bertz CT molecular complexity index is 257. The van der Waals surface area contributed by atoms with Gasteiger partial charge in [0.05, 0.1) is 0 Å². The van der Waals surface area contributed by atoms with E-state index in [0.717, 1.165) is 0 Å². The first-order valence-electron chi connectivity index (χ1n) is 6.92. The number of nitrogens with one attached hydrogen (secondary N) is 3. The molecular weight excluding hydrogens is 305 g/mol. The summed E-state index contributed by atoms with van der Waals surface area (Å²) in [5.41, 5.74) is -0.0305. The summed E-state index contributed by atoms with van der Waals surface area (Å²) >= 11 is -2.98. The van der Waals surface area contributed by atoms with E-state index in [1.807, 2.05) is 0 Å². The van der Waals surface area contributed by atoms with Crippen molar-refractivity contribution in [2.45, 2.75) is 86.0 Å². The van der Waals surface area contributed by atoms with E-state index < -0.39 is 17.7 Å². The molecule has 0 aliphatic heterocycles. The Labute approximate surface area is 118 Å². The molecule has 0 unspecified atom stereocenters. The van der Waals surface area contributed by atoms with Gasteiger partial charge in [-0.25, -0.2) is 0 Å². The molecule has 0 radical (unpaired) electrons. The molecule has 0 fully saturated rings. The van der Waals surface area contributed by atoms with Gasteiger partial charge >= 0.3 is 118 Å². The fourth-order valence-electron chi connectivity index (χ4n) is 1.77. The molecule has 0 aliphatic rings. The van der Waals surface area contributed by atoms with Gasteiger partial charge in [-0.05, 0) is 0 Å². The third-order valence-corrected chi connectivity index (χ3v) is 10.6. The van der Waals surface area contributed by atoms with Crippen LogP contribution < -0.4 is 11.2 Å². The molecule has 3 N–H and O–H groups in total. The maximum atomic E-state index is 5.13. The number of hydrogen-bond donors (Lipinski definition) is 3. The fourth-order valence-corrected chi connectivity index (χ4v) is 10.5. The summed E-state index contributed by atoms with van der Waals surface area (Å²) in [5, 5.41) is 0. The van der Waals surface area contributed by atoms with Crippen LogP contribution in [0.1, 0.15) is 62.3 Å². The standard InChI is InChI=1S/C4H9N.3C3H8N.Nb/c1-4(2,3)5;3*1-3(2)4;/h1-3H3;3*3-4H,1-2H3;/q;3*-1;+3. The summed E-state index contributed by atoms with van der Waals surface area (Å²) in [4.78, 5) is 0. The molecule has 0 heterocycles. The van der Waals surface area contributed by atoms with Crippen molar-refractivity contribution in [3.63, 3.8) is 0 Å². The molecule has 110 valence electrons. The molecule has 0 aromatic rings. The van der Waals surface area contributed by atoms with Crippen molar-refractivity contribution >= 4 is 0 Å². The zero-order valence-corrected chi connectivity index (χ0v) is 15.8. The van der Waals surface area contributed by atoms with Crippen molar-refractivity contribution in [3.05, 3.63) is 0 Å². The molecule has 0 saturated carbocycles. The predicted octanol–water partition coefficient (Wildman–Crippen LogP) is 2.86. The van der Waals surface area contributed by atoms with Crippen LogP contribution in [0, 0.1) is 0 Å². The molecule has 0 aliphatic carbocycles. The average Bonchev–Trinajstić information content (AvgIpc) is 1.92. The quantitative estimate of drug-likeness (QED) is 0.653. The van der Waals surface area contributed by atoms with Gasteiger partial charge in [0.2, 0.25) is 0 Å². The first-order chi connectivity index (χ1) is 7.96. The Balaban J connectivity index is 5.46. The van der Waals surface area contributed by atoms with E-state index in [9.17, 15) is 0 Å². The van der Waals surface area contributed by atoms with Crippen LogP contribution in [0.3, 0.4) is 0 Å². The van der Waals surface area contributed by atoms with Gasteiger partial charge < -0.3 is 0 Å². The molecule has 0 aromatic heterocycles. The van der Waals surface area contributed by atoms with Crippen molar-refractivity contribution in [2.75, 3.05) is 0 Å². The summed E-state index contributed by atoms with van der Waals surface area (Å²) in [6, 6.07) is 1.29. The van der Waals surface area contributed by atoms with Crippen LogP contribution in [0.5, 0.6) is 0 Å². The maximum absolute atomic E-state index is 5.13. The SMILES string of the molecule is CC(C)[NH][Nb](=[N]C(C)(C)C)([NH]C(C)C)[NH]C(C)C.